The molecule has 120 valence electrons. The summed E-state index contributed by atoms with van der Waals surface area (Å²) in [5.41, 5.74) is 0. The van der Waals surface area contributed by atoms with E-state index in [0.717, 1.165) is 0 Å². The Bertz CT molecular complexity index is 458. The molecular formula is C14H25N3O3S. The Morgan fingerprint density at radius 3 is 2.10 bits per heavy atom. The SMILES string of the molecule is C=CCN(CC=C)C(=O)CN1CCN(S(=O)(=O)CC)CC1. The van der Waals surface area contributed by atoms with Crippen LogP contribution < -0.4 is 0 Å². The molecule has 0 atom stereocenters. The Hall–Kier alpha value is -1.18. The van der Waals surface area contributed by atoms with Crippen LogP contribution in [0.3, 0.4) is 0 Å². The molecule has 0 aliphatic carbocycles. The van der Waals surface area contributed by atoms with Crippen molar-refractivity contribution in [1.29, 1.82) is 0 Å². The molecule has 1 heterocycles. The fourth-order valence-corrected chi connectivity index (χ4v) is 3.31. The maximum absolute atomic E-state index is 12.2. The molecule has 1 amide bonds. The summed E-state index contributed by atoms with van der Waals surface area (Å²) in [4.78, 5) is 15.8. The van der Waals surface area contributed by atoms with Gasteiger partial charge in [-0.25, -0.2) is 8.42 Å². The van der Waals surface area contributed by atoms with Gasteiger partial charge in [0, 0.05) is 39.3 Å². The molecule has 0 bridgehead atoms. The van der Waals surface area contributed by atoms with Gasteiger partial charge in [0.15, 0.2) is 0 Å². The van der Waals surface area contributed by atoms with Gasteiger partial charge >= 0.3 is 0 Å². The van der Waals surface area contributed by atoms with Crippen molar-refractivity contribution in [3.8, 4) is 0 Å². The summed E-state index contributed by atoms with van der Waals surface area (Å²) in [5.74, 6) is 0.139. The third kappa shape index (κ3) is 5.26. The molecule has 1 saturated heterocycles. The number of sulfonamides is 1. The monoisotopic (exact) mass is 315 g/mol. The second-order valence-corrected chi connectivity index (χ2v) is 7.21. The van der Waals surface area contributed by atoms with E-state index in [9.17, 15) is 13.2 Å². The van der Waals surface area contributed by atoms with Crippen molar-refractivity contribution in [2.24, 2.45) is 0 Å². The van der Waals surface area contributed by atoms with Crippen LogP contribution in [0, 0.1) is 0 Å². The standard InChI is InChI=1S/C14H25N3O3S/c1-4-7-16(8-5-2)14(18)13-15-9-11-17(12-10-15)21(19,20)6-3/h4-5H,1-2,6-13H2,3H3. The highest BCUT2D eigenvalue weighted by Crippen LogP contribution is 2.08. The van der Waals surface area contributed by atoms with E-state index in [-0.39, 0.29) is 11.7 Å². The first kappa shape index (κ1) is 17.9. The Labute approximate surface area is 127 Å². The summed E-state index contributed by atoms with van der Waals surface area (Å²) in [6.45, 7) is 12.3. The summed E-state index contributed by atoms with van der Waals surface area (Å²) in [7, 11) is -3.12. The fraction of sp³-hybridized carbons (Fsp3) is 0.643. The van der Waals surface area contributed by atoms with Gasteiger partial charge in [-0.05, 0) is 6.92 Å². The number of rotatable bonds is 8. The van der Waals surface area contributed by atoms with Gasteiger partial charge in [0.05, 0.1) is 12.3 Å². The molecule has 0 unspecified atom stereocenters. The minimum Gasteiger partial charge on any atom is -0.334 e. The van der Waals surface area contributed by atoms with Gasteiger partial charge in [-0.1, -0.05) is 12.2 Å². The molecule has 6 nitrogen and oxygen atoms in total. The number of piperazine rings is 1. The highest BCUT2D eigenvalue weighted by Gasteiger charge is 2.26. The molecule has 1 rings (SSSR count). The number of hydrogen-bond acceptors (Lipinski definition) is 4. The fourth-order valence-electron chi connectivity index (χ4n) is 2.23. The summed E-state index contributed by atoms with van der Waals surface area (Å²) < 4.78 is 25.0. The first-order valence-electron chi connectivity index (χ1n) is 7.14. The summed E-state index contributed by atoms with van der Waals surface area (Å²) >= 11 is 0. The van der Waals surface area contributed by atoms with Gasteiger partial charge in [-0.2, -0.15) is 4.31 Å². The van der Waals surface area contributed by atoms with Crippen molar-refractivity contribution >= 4 is 15.9 Å². The first-order valence-corrected chi connectivity index (χ1v) is 8.75. The second kappa shape index (κ2) is 8.31. The largest absolute Gasteiger partial charge is 0.334 e. The van der Waals surface area contributed by atoms with E-state index in [0.29, 0.717) is 45.8 Å². The van der Waals surface area contributed by atoms with Crippen LogP contribution in [-0.4, -0.2) is 80.0 Å². The van der Waals surface area contributed by atoms with Gasteiger partial charge in [0.2, 0.25) is 15.9 Å². The molecule has 0 saturated carbocycles. The average molecular weight is 315 g/mol. The molecule has 7 heteroatoms. The van der Waals surface area contributed by atoms with E-state index in [1.165, 1.54) is 4.31 Å². The maximum atomic E-state index is 12.2. The first-order chi connectivity index (χ1) is 9.94. The number of amides is 1. The molecule has 0 radical (unpaired) electrons. The van der Waals surface area contributed by atoms with Crippen molar-refractivity contribution in [1.82, 2.24) is 14.1 Å². The van der Waals surface area contributed by atoms with Gasteiger partial charge in [-0.3, -0.25) is 9.69 Å². The lowest BCUT2D eigenvalue weighted by molar-refractivity contribution is -0.131. The predicted molar refractivity (Wildman–Crippen MR) is 84.4 cm³/mol. The molecule has 1 aliphatic rings. The van der Waals surface area contributed by atoms with Crippen LogP contribution in [0.1, 0.15) is 6.92 Å². The molecule has 21 heavy (non-hydrogen) atoms. The van der Waals surface area contributed by atoms with Crippen LogP contribution in [-0.2, 0) is 14.8 Å². The summed E-state index contributed by atoms with van der Waals surface area (Å²) in [6.07, 6.45) is 3.38. The quantitative estimate of drug-likeness (QED) is 0.599. The summed E-state index contributed by atoms with van der Waals surface area (Å²) in [6, 6.07) is 0. The molecule has 0 aromatic carbocycles. The smallest absolute Gasteiger partial charge is 0.237 e. The minimum atomic E-state index is -3.12. The number of nitrogens with zero attached hydrogens (tertiary/aromatic N) is 3. The lowest BCUT2D eigenvalue weighted by Gasteiger charge is -2.34. The van der Waals surface area contributed by atoms with Crippen LogP contribution in [0.5, 0.6) is 0 Å². The Kier molecular flexibility index (Phi) is 7.07. The Morgan fingerprint density at radius 1 is 1.14 bits per heavy atom. The van der Waals surface area contributed by atoms with E-state index in [2.05, 4.69) is 13.2 Å². The van der Waals surface area contributed by atoms with E-state index in [4.69, 9.17) is 0 Å². The lowest BCUT2D eigenvalue weighted by Crippen LogP contribution is -2.51. The molecule has 1 fully saturated rings. The van der Waals surface area contributed by atoms with Crippen LogP contribution in [0.4, 0.5) is 0 Å². The predicted octanol–water partition coefficient (Wildman–Crippen LogP) is 0.154. The topological polar surface area (TPSA) is 60.9 Å². The third-order valence-corrected chi connectivity index (χ3v) is 5.38. The zero-order valence-corrected chi connectivity index (χ0v) is 13.5. The zero-order valence-electron chi connectivity index (χ0n) is 12.7. The van der Waals surface area contributed by atoms with E-state index in [1.54, 1.807) is 24.0 Å². The van der Waals surface area contributed by atoms with Crippen molar-refractivity contribution in [3.63, 3.8) is 0 Å². The van der Waals surface area contributed by atoms with Crippen LogP contribution in [0.15, 0.2) is 25.3 Å². The average Bonchev–Trinajstić information content (AvgIpc) is 2.47. The highest BCUT2D eigenvalue weighted by atomic mass is 32.2. The number of carbonyl (C=O) groups excluding carboxylic acids is 1. The minimum absolute atomic E-state index is 0.0154. The van der Waals surface area contributed by atoms with Crippen molar-refractivity contribution < 1.29 is 13.2 Å². The molecular weight excluding hydrogens is 290 g/mol. The van der Waals surface area contributed by atoms with E-state index < -0.39 is 10.0 Å². The van der Waals surface area contributed by atoms with Gasteiger partial charge in [-0.15, -0.1) is 13.2 Å². The van der Waals surface area contributed by atoms with E-state index in [1.807, 2.05) is 4.90 Å². The van der Waals surface area contributed by atoms with Gasteiger partial charge in [0.1, 0.15) is 0 Å². The molecule has 0 aromatic rings. The zero-order chi connectivity index (χ0) is 15.9. The van der Waals surface area contributed by atoms with Gasteiger partial charge < -0.3 is 4.90 Å². The number of carbonyl (C=O) groups is 1. The molecule has 0 spiro atoms. The lowest BCUT2D eigenvalue weighted by atomic mass is 10.3. The highest BCUT2D eigenvalue weighted by molar-refractivity contribution is 7.89. The number of hydrogen-bond donors (Lipinski definition) is 0. The third-order valence-electron chi connectivity index (χ3n) is 3.50. The molecule has 0 N–H and O–H groups in total. The van der Waals surface area contributed by atoms with Crippen molar-refractivity contribution in [3.05, 3.63) is 25.3 Å². The van der Waals surface area contributed by atoms with Gasteiger partial charge in [0.25, 0.3) is 0 Å². The van der Waals surface area contributed by atoms with E-state index >= 15 is 0 Å². The van der Waals surface area contributed by atoms with Crippen LogP contribution in [0.25, 0.3) is 0 Å². The molecule has 0 aromatic heterocycles. The normalized spacial score (nSPS) is 17.4. The van der Waals surface area contributed by atoms with Crippen molar-refractivity contribution in [2.75, 3.05) is 51.6 Å². The Morgan fingerprint density at radius 2 is 1.67 bits per heavy atom. The van der Waals surface area contributed by atoms with Crippen LogP contribution in [0.2, 0.25) is 0 Å². The maximum Gasteiger partial charge on any atom is 0.237 e. The van der Waals surface area contributed by atoms with Crippen LogP contribution >= 0.6 is 0 Å². The second-order valence-electron chi connectivity index (χ2n) is 4.95. The Balaban J connectivity index is 2.49. The van der Waals surface area contributed by atoms with Crippen molar-refractivity contribution in [2.45, 2.75) is 6.92 Å². The molecule has 1 aliphatic heterocycles. The summed E-state index contributed by atoms with van der Waals surface area (Å²) in [5, 5.41) is 0.